The molecule has 1 aromatic heterocycles. The van der Waals surface area contributed by atoms with Crippen LogP contribution in [0.5, 0.6) is 0 Å². The van der Waals surface area contributed by atoms with E-state index in [0.717, 1.165) is 12.8 Å². The van der Waals surface area contributed by atoms with Crippen LogP contribution in [0, 0.1) is 22.5 Å². The second-order valence-corrected chi connectivity index (χ2v) is 6.08. The molecular formula is C14H19N3O4. The van der Waals surface area contributed by atoms with Crippen molar-refractivity contribution in [2.45, 2.75) is 39.7 Å². The first-order valence-corrected chi connectivity index (χ1v) is 6.85. The van der Waals surface area contributed by atoms with Gasteiger partial charge in [-0.1, -0.05) is 13.8 Å². The van der Waals surface area contributed by atoms with E-state index in [2.05, 4.69) is 4.98 Å². The standard InChI is InChI=1S/C14H19N3O4/c1-9-5-7-15-12(10(9)17(20)21)16-8-4-6-14(2,3)11(16)13(18)19/h5,7,11H,4,6,8H2,1-3H3,(H,18,19). The Morgan fingerprint density at radius 2 is 2.24 bits per heavy atom. The zero-order chi connectivity index (χ0) is 15.8. The van der Waals surface area contributed by atoms with Crippen molar-refractivity contribution < 1.29 is 14.8 Å². The lowest BCUT2D eigenvalue weighted by molar-refractivity contribution is -0.385. The van der Waals surface area contributed by atoms with E-state index in [-0.39, 0.29) is 11.5 Å². The molecule has 114 valence electrons. The minimum atomic E-state index is -0.975. The minimum absolute atomic E-state index is 0.110. The Morgan fingerprint density at radius 1 is 1.57 bits per heavy atom. The van der Waals surface area contributed by atoms with Gasteiger partial charge in [-0.15, -0.1) is 0 Å². The summed E-state index contributed by atoms with van der Waals surface area (Å²) in [6.07, 6.45) is 3.03. The average molecular weight is 293 g/mol. The molecule has 7 nitrogen and oxygen atoms in total. The minimum Gasteiger partial charge on any atom is -0.480 e. The van der Waals surface area contributed by atoms with E-state index in [9.17, 15) is 20.0 Å². The van der Waals surface area contributed by atoms with E-state index < -0.39 is 22.3 Å². The van der Waals surface area contributed by atoms with Crippen LogP contribution in [0.1, 0.15) is 32.3 Å². The normalized spacial score (nSPS) is 21.1. The number of aryl methyl sites for hydroxylation is 1. The average Bonchev–Trinajstić information content (AvgIpc) is 2.35. The van der Waals surface area contributed by atoms with Crippen molar-refractivity contribution in [3.63, 3.8) is 0 Å². The number of carbonyl (C=O) groups is 1. The maximum Gasteiger partial charge on any atom is 0.326 e. The summed E-state index contributed by atoms with van der Waals surface area (Å²) in [5.74, 6) is -0.822. The van der Waals surface area contributed by atoms with Crippen LogP contribution >= 0.6 is 0 Å². The van der Waals surface area contributed by atoms with Gasteiger partial charge in [-0.05, 0) is 31.2 Å². The molecule has 1 N–H and O–H groups in total. The zero-order valence-electron chi connectivity index (χ0n) is 12.4. The van der Waals surface area contributed by atoms with Crippen LogP contribution in [0.2, 0.25) is 0 Å². The quantitative estimate of drug-likeness (QED) is 0.679. The van der Waals surface area contributed by atoms with Gasteiger partial charge in [-0.2, -0.15) is 0 Å². The molecule has 0 aliphatic carbocycles. The van der Waals surface area contributed by atoms with Gasteiger partial charge in [-0.3, -0.25) is 10.1 Å². The number of nitro groups is 1. The van der Waals surface area contributed by atoms with E-state index in [1.807, 2.05) is 13.8 Å². The summed E-state index contributed by atoms with van der Waals surface area (Å²) in [5, 5.41) is 20.9. The van der Waals surface area contributed by atoms with Gasteiger partial charge in [0.25, 0.3) is 0 Å². The van der Waals surface area contributed by atoms with Crippen molar-refractivity contribution in [3.05, 3.63) is 27.9 Å². The number of pyridine rings is 1. The first-order valence-electron chi connectivity index (χ1n) is 6.85. The number of aliphatic carboxylic acids is 1. The summed E-state index contributed by atoms with van der Waals surface area (Å²) in [7, 11) is 0. The lowest BCUT2D eigenvalue weighted by Crippen LogP contribution is -2.54. The molecule has 0 aromatic carbocycles. The van der Waals surface area contributed by atoms with Gasteiger partial charge in [0.2, 0.25) is 5.82 Å². The third kappa shape index (κ3) is 2.68. The van der Waals surface area contributed by atoms with E-state index >= 15 is 0 Å². The summed E-state index contributed by atoms with van der Waals surface area (Å²) in [6.45, 7) is 5.84. The van der Waals surface area contributed by atoms with Gasteiger partial charge >= 0.3 is 11.7 Å². The zero-order valence-corrected chi connectivity index (χ0v) is 12.4. The van der Waals surface area contributed by atoms with Crippen molar-refractivity contribution in [2.24, 2.45) is 5.41 Å². The number of aromatic nitrogens is 1. The molecule has 7 heteroatoms. The van der Waals surface area contributed by atoms with Crippen LogP contribution in [0.25, 0.3) is 0 Å². The van der Waals surface area contributed by atoms with Crippen LogP contribution < -0.4 is 4.90 Å². The molecule has 2 heterocycles. The number of anilines is 1. The Kier molecular flexibility index (Phi) is 3.85. The number of carboxylic acid groups (broad SMARTS) is 1. The Hall–Kier alpha value is -2.18. The van der Waals surface area contributed by atoms with Crippen LogP contribution in [0.15, 0.2) is 12.3 Å². The predicted octanol–water partition coefficient (Wildman–Crippen LogP) is 2.38. The van der Waals surface area contributed by atoms with Crippen molar-refractivity contribution >= 4 is 17.5 Å². The highest BCUT2D eigenvalue weighted by atomic mass is 16.6. The molecule has 1 aliphatic heterocycles. The molecule has 0 saturated carbocycles. The van der Waals surface area contributed by atoms with E-state index in [4.69, 9.17) is 0 Å². The fraction of sp³-hybridized carbons (Fsp3) is 0.571. The van der Waals surface area contributed by atoms with Gasteiger partial charge in [0.15, 0.2) is 0 Å². The van der Waals surface area contributed by atoms with Crippen LogP contribution in [-0.4, -0.2) is 33.6 Å². The summed E-state index contributed by atoms with van der Waals surface area (Å²) in [5.41, 5.74) is -0.0948. The second kappa shape index (κ2) is 5.31. The summed E-state index contributed by atoms with van der Waals surface area (Å²) in [6, 6.07) is 0.742. The smallest absolute Gasteiger partial charge is 0.326 e. The molecule has 1 unspecified atom stereocenters. The Labute approximate surface area is 122 Å². The molecule has 0 bridgehead atoms. The first kappa shape index (κ1) is 15.2. The van der Waals surface area contributed by atoms with E-state index in [1.54, 1.807) is 17.9 Å². The Balaban J connectivity index is 2.56. The van der Waals surface area contributed by atoms with Gasteiger partial charge < -0.3 is 10.0 Å². The third-order valence-electron chi connectivity index (χ3n) is 4.07. The summed E-state index contributed by atoms with van der Waals surface area (Å²) >= 11 is 0. The molecule has 1 aromatic rings. The van der Waals surface area contributed by atoms with Crippen molar-refractivity contribution in [2.75, 3.05) is 11.4 Å². The molecule has 1 saturated heterocycles. The maximum atomic E-state index is 11.7. The molecule has 1 atom stereocenters. The molecule has 0 radical (unpaired) electrons. The highest BCUT2D eigenvalue weighted by Crippen LogP contribution is 2.40. The van der Waals surface area contributed by atoms with Crippen LogP contribution in [-0.2, 0) is 4.79 Å². The van der Waals surface area contributed by atoms with Gasteiger partial charge in [0, 0.05) is 18.3 Å². The fourth-order valence-electron chi connectivity index (χ4n) is 3.06. The third-order valence-corrected chi connectivity index (χ3v) is 4.07. The lowest BCUT2D eigenvalue weighted by Gasteiger charge is -2.44. The molecule has 0 spiro atoms. The number of hydrogen-bond donors (Lipinski definition) is 1. The molecule has 21 heavy (non-hydrogen) atoms. The Morgan fingerprint density at radius 3 is 2.81 bits per heavy atom. The summed E-state index contributed by atoms with van der Waals surface area (Å²) < 4.78 is 0. The second-order valence-electron chi connectivity index (χ2n) is 6.08. The summed E-state index contributed by atoms with van der Waals surface area (Å²) in [4.78, 5) is 28.2. The van der Waals surface area contributed by atoms with Crippen molar-refractivity contribution in [1.82, 2.24) is 4.98 Å². The maximum absolute atomic E-state index is 11.7. The highest BCUT2D eigenvalue weighted by molar-refractivity contribution is 5.81. The van der Waals surface area contributed by atoms with Crippen LogP contribution in [0.4, 0.5) is 11.5 Å². The fourth-order valence-corrected chi connectivity index (χ4v) is 3.06. The largest absolute Gasteiger partial charge is 0.480 e. The number of nitrogens with zero attached hydrogens (tertiary/aromatic N) is 3. The topological polar surface area (TPSA) is 96.6 Å². The van der Waals surface area contributed by atoms with E-state index in [0.29, 0.717) is 12.1 Å². The van der Waals surface area contributed by atoms with Gasteiger partial charge in [-0.25, -0.2) is 9.78 Å². The predicted molar refractivity (Wildman–Crippen MR) is 77.4 cm³/mol. The van der Waals surface area contributed by atoms with Gasteiger partial charge in [0.05, 0.1) is 4.92 Å². The molecule has 1 aliphatic rings. The molecular weight excluding hydrogens is 274 g/mol. The SMILES string of the molecule is Cc1ccnc(N2CCCC(C)(C)C2C(=O)O)c1[N+](=O)[O-]. The number of piperidine rings is 1. The number of hydrogen-bond acceptors (Lipinski definition) is 5. The Bertz CT molecular complexity index is 586. The monoisotopic (exact) mass is 293 g/mol. The van der Waals surface area contributed by atoms with Crippen molar-refractivity contribution in [3.8, 4) is 0 Å². The van der Waals surface area contributed by atoms with Gasteiger partial charge in [0.1, 0.15) is 6.04 Å². The van der Waals surface area contributed by atoms with E-state index in [1.165, 1.54) is 6.20 Å². The van der Waals surface area contributed by atoms with Crippen LogP contribution in [0.3, 0.4) is 0 Å². The lowest BCUT2D eigenvalue weighted by atomic mass is 9.76. The molecule has 1 fully saturated rings. The van der Waals surface area contributed by atoms with Crippen molar-refractivity contribution in [1.29, 1.82) is 0 Å². The first-order chi connectivity index (χ1) is 9.75. The number of rotatable bonds is 3. The highest BCUT2D eigenvalue weighted by Gasteiger charge is 2.45. The number of carboxylic acids is 1. The molecule has 2 rings (SSSR count). The molecule has 0 amide bonds.